The minimum atomic E-state index is -8.01. The molecule has 170 valence electrons. The third-order valence-corrected chi connectivity index (χ3v) is 5.08. The van der Waals surface area contributed by atoms with Crippen molar-refractivity contribution in [2.75, 3.05) is 18.1 Å². The second-order valence-electron chi connectivity index (χ2n) is 5.48. The summed E-state index contributed by atoms with van der Waals surface area (Å²) in [7, 11) is -4.70. The van der Waals surface area contributed by atoms with Gasteiger partial charge in [0, 0.05) is 13.0 Å². The van der Waals surface area contributed by atoms with Crippen LogP contribution >= 0.6 is 0 Å². The Bertz CT molecular complexity index is 639. The van der Waals surface area contributed by atoms with Gasteiger partial charge in [0.1, 0.15) is 0 Å². The lowest BCUT2D eigenvalue weighted by molar-refractivity contribution is -0.439. The molecule has 0 aromatic carbocycles. The lowest BCUT2D eigenvalue weighted by atomic mass is 9.93. The van der Waals surface area contributed by atoms with Crippen molar-refractivity contribution < 1.29 is 70.6 Å². The maximum absolute atomic E-state index is 13.4. The zero-order valence-electron chi connectivity index (χ0n) is 13.1. The highest BCUT2D eigenvalue weighted by Gasteiger charge is 2.90. The number of hydrogen-bond acceptors (Lipinski definition) is 3. The van der Waals surface area contributed by atoms with Crippen LogP contribution < -0.4 is 0 Å². The lowest BCUT2D eigenvalue weighted by Crippen LogP contribution is -2.70. The summed E-state index contributed by atoms with van der Waals surface area (Å²) in [4.78, 5) is 0. The van der Waals surface area contributed by atoms with E-state index in [9.17, 15) is 65.5 Å². The van der Waals surface area contributed by atoms with Gasteiger partial charge >= 0.3 is 35.8 Å². The Morgan fingerprint density at radius 2 is 1.00 bits per heavy atom. The first-order valence-electron chi connectivity index (χ1n) is 6.79. The van der Waals surface area contributed by atoms with Crippen LogP contribution in [0, 0.1) is 0 Å². The zero-order valence-corrected chi connectivity index (χ0v) is 13.9. The number of hydrogen-bond donors (Lipinski definition) is 1. The molecule has 1 N–H and O–H groups in total. The fourth-order valence-corrected chi connectivity index (χ4v) is 2.97. The predicted molar refractivity (Wildman–Crippen MR) is 65.8 cm³/mol. The van der Waals surface area contributed by atoms with E-state index >= 15 is 0 Å². The van der Waals surface area contributed by atoms with E-state index in [2.05, 4.69) is 0 Å². The fourth-order valence-electron chi connectivity index (χ4n) is 1.63. The van der Waals surface area contributed by atoms with Crippen molar-refractivity contribution in [3.8, 4) is 0 Å². The van der Waals surface area contributed by atoms with Crippen molar-refractivity contribution in [2.24, 2.45) is 0 Å². The molecule has 0 radical (unpaired) electrons. The monoisotopic (exact) mass is 470 g/mol. The topological polar surface area (TPSA) is 54.4 Å². The quantitative estimate of drug-likeness (QED) is 0.493. The van der Waals surface area contributed by atoms with Gasteiger partial charge in [-0.25, -0.2) is 8.42 Å². The van der Waals surface area contributed by atoms with Gasteiger partial charge < -0.3 is 5.11 Å². The van der Waals surface area contributed by atoms with Gasteiger partial charge in [0.2, 0.25) is 0 Å². The molecule has 17 heteroatoms. The molecule has 0 amide bonds. The number of sulfone groups is 1. The van der Waals surface area contributed by atoms with Crippen LogP contribution in [0.4, 0.5) is 57.1 Å². The Kier molecular flexibility index (Phi) is 7.41. The Morgan fingerprint density at radius 1 is 0.607 bits per heavy atom. The maximum Gasteiger partial charge on any atom is 0.460 e. The standard InChI is InChI=1S/C11H11F13O3S/c12-6(13,2-5-28(26,27)4-1-3-25)7(14,15)8(16,17)9(18,19)10(20,21)11(22,23)24/h25H,1-5H2. The van der Waals surface area contributed by atoms with Crippen LogP contribution in [-0.4, -0.2) is 67.4 Å². The Labute approximate surface area is 148 Å². The summed E-state index contributed by atoms with van der Waals surface area (Å²) in [5.41, 5.74) is 0. The molecule has 0 aliphatic heterocycles. The van der Waals surface area contributed by atoms with E-state index in [1.165, 1.54) is 0 Å². The molecule has 0 heterocycles. The minimum absolute atomic E-state index is 0.601. The van der Waals surface area contributed by atoms with Crippen molar-refractivity contribution in [1.29, 1.82) is 0 Å². The molecular weight excluding hydrogens is 459 g/mol. The van der Waals surface area contributed by atoms with Crippen LogP contribution in [0.5, 0.6) is 0 Å². The molecule has 0 spiro atoms. The Morgan fingerprint density at radius 3 is 1.36 bits per heavy atom. The van der Waals surface area contributed by atoms with Gasteiger partial charge in [0.15, 0.2) is 9.84 Å². The van der Waals surface area contributed by atoms with Crippen LogP contribution in [0.3, 0.4) is 0 Å². The number of alkyl halides is 13. The predicted octanol–water partition coefficient (Wildman–Crippen LogP) is 3.91. The van der Waals surface area contributed by atoms with E-state index < -0.39 is 76.6 Å². The summed E-state index contributed by atoms with van der Waals surface area (Å²) in [5.74, 6) is -40.8. The van der Waals surface area contributed by atoms with E-state index in [-0.39, 0.29) is 0 Å². The molecule has 0 atom stereocenters. The van der Waals surface area contributed by atoms with Gasteiger partial charge in [-0.3, -0.25) is 0 Å². The summed E-state index contributed by atoms with van der Waals surface area (Å²) >= 11 is 0. The van der Waals surface area contributed by atoms with Crippen molar-refractivity contribution in [1.82, 2.24) is 0 Å². The van der Waals surface area contributed by atoms with Gasteiger partial charge in [-0.2, -0.15) is 57.1 Å². The third kappa shape index (κ3) is 4.59. The van der Waals surface area contributed by atoms with Gasteiger partial charge in [0.05, 0.1) is 11.5 Å². The third-order valence-electron chi connectivity index (χ3n) is 3.34. The molecule has 3 nitrogen and oxygen atoms in total. The van der Waals surface area contributed by atoms with Gasteiger partial charge in [0.25, 0.3) is 0 Å². The smallest absolute Gasteiger partial charge is 0.396 e. The SMILES string of the molecule is O=S(=O)(CCCO)CCC(F)(F)C(F)(F)C(F)(F)C(F)(F)C(F)(F)C(F)(F)F. The first-order chi connectivity index (χ1) is 12.0. The van der Waals surface area contributed by atoms with Crippen LogP contribution in [-0.2, 0) is 9.84 Å². The normalized spacial score (nSPS) is 15.8. The van der Waals surface area contributed by atoms with Crippen LogP contribution in [0.2, 0.25) is 0 Å². The highest BCUT2D eigenvalue weighted by molar-refractivity contribution is 7.91. The summed E-state index contributed by atoms with van der Waals surface area (Å²) in [6.45, 7) is -0.817. The summed E-state index contributed by atoms with van der Waals surface area (Å²) in [5, 5.41) is 8.35. The number of aliphatic hydroxyl groups is 1. The fraction of sp³-hybridized carbons (Fsp3) is 1.00. The van der Waals surface area contributed by atoms with E-state index in [1.807, 2.05) is 0 Å². The summed E-state index contributed by atoms with van der Waals surface area (Å²) < 4.78 is 189. The summed E-state index contributed by atoms with van der Waals surface area (Å²) in [6, 6.07) is 0. The highest BCUT2D eigenvalue weighted by atomic mass is 32.2. The van der Waals surface area contributed by atoms with Crippen molar-refractivity contribution in [2.45, 2.75) is 48.6 Å². The number of halogens is 13. The van der Waals surface area contributed by atoms with E-state index in [4.69, 9.17) is 5.11 Å². The molecule has 0 saturated heterocycles. The highest BCUT2D eigenvalue weighted by Crippen LogP contribution is 2.60. The maximum atomic E-state index is 13.4. The molecule has 0 saturated carbocycles. The molecule has 0 bridgehead atoms. The van der Waals surface area contributed by atoms with Gasteiger partial charge in [-0.1, -0.05) is 0 Å². The largest absolute Gasteiger partial charge is 0.460 e. The average molecular weight is 470 g/mol. The molecule has 0 fully saturated rings. The van der Waals surface area contributed by atoms with Crippen LogP contribution in [0.25, 0.3) is 0 Å². The van der Waals surface area contributed by atoms with E-state index in [1.54, 1.807) is 0 Å². The average Bonchev–Trinajstić information content (AvgIpc) is 2.49. The molecule has 28 heavy (non-hydrogen) atoms. The summed E-state index contributed by atoms with van der Waals surface area (Å²) in [6.07, 6.45) is -10.9. The second kappa shape index (κ2) is 7.68. The van der Waals surface area contributed by atoms with Crippen molar-refractivity contribution >= 4 is 9.84 Å². The van der Waals surface area contributed by atoms with E-state index in [0.717, 1.165) is 0 Å². The molecule has 0 aliphatic carbocycles. The minimum Gasteiger partial charge on any atom is -0.396 e. The molecule has 0 aromatic heterocycles. The van der Waals surface area contributed by atoms with Gasteiger partial charge in [-0.05, 0) is 6.42 Å². The second-order valence-corrected chi connectivity index (χ2v) is 7.78. The molecule has 0 aromatic rings. The molecule has 0 rings (SSSR count). The number of aliphatic hydroxyl groups excluding tert-OH is 1. The van der Waals surface area contributed by atoms with Crippen LogP contribution in [0.15, 0.2) is 0 Å². The Hall–Kier alpha value is -1.00. The molecule has 0 aliphatic rings. The van der Waals surface area contributed by atoms with Crippen LogP contribution in [0.1, 0.15) is 12.8 Å². The molecular formula is C11H11F13O3S. The number of rotatable bonds is 10. The van der Waals surface area contributed by atoms with E-state index in [0.29, 0.717) is 0 Å². The zero-order chi connectivity index (χ0) is 23.0. The van der Waals surface area contributed by atoms with Gasteiger partial charge in [-0.15, -0.1) is 0 Å². The lowest BCUT2D eigenvalue weighted by Gasteiger charge is -2.39. The first-order valence-corrected chi connectivity index (χ1v) is 8.61. The van der Waals surface area contributed by atoms with Crippen molar-refractivity contribution in [3.63, 3.8) is 0 Å². The first kappa shape index (κ1) is 27.0. The Balaban J connectivity index is 5.93. The molecule has 0 unspecified atom stereocenters. The van der Waals surface area contributed by atoms with Crippen molar-refractivity contribution in [3.05, 3.63) is 0 Å².